The zero-order valence-electron chi connectivity index (χ0n) is 41.0. The van der Waals surface area contributed by atoms with E-state index in [0.29, 0.717) is 0 Å². The van der Waals surface area contributed by atoms with Gasteiger partial charge in [-0.2, -0.15) is 0 Å². The minimum atomic E-state index is 1.07. The number of fused-ring (bicyclic) bond motifs is 6. The second-order valence-corrected chi connectivity index (χ2v) is 20.3. The van der Waals surface area contributed by atoms with Gasteiger partial charge in [0, 0.05) is 53.9 Å². The first kappa shape index (κ1) is 44.2. The topological polar surface area (TPSA) is 6.48 Å². The zero-order valence-corrected chi connectivity index (χ0v) is 41.8. The summed E-state index contributed by atoms with van der Waals surface area (Å²) in [5.41, 5.74) is 16.1. The lowest BCUT2D eigenvalue weighted by atomic mass is 9.93. The number of nitrogens with zero attached hydrogens (tertiary/aromatic N) is 2. The molecule has 1 heterocycles. The van der Waals surface area contributed by atoms with Crippen molar-refractivity contribution in [1.82, 2.24) is 0 Å². The second-order valence-electron chi connectivity index (χ2n) is 19.2. The van der Waals surface area contributed by atoms with Crippen LogP contribution in [0.1, 0.15) is 0 Å². The molecule has 3 heteroatoms. The number of hydrogen-bond acceptors (Lipinski definition) is 3. The minimum Gasteiger partial charge on any atom is -0.310 e. The van der Waals surface area contributed by atoms with Gasteiger partial charge in [0.25, 0.3) is 0 Å². The molecule has 0 spiro atoms. The average molecular weight is 973 g/mol. The first-order valence-corrected chi connectivity index (χ1v) is 26.5. The van der Waals surface area contributed by atoms with Crippen molar-refractivity contribution in [3.8, 4) is 44.5 Å². The Balaban J connectivity index is 0.911. The summed E-state index contributed by atoms with van der Waals surface area (Å²) in [5.74, 6) is 0. The molecule has 352 valence electrons. The van der Waals surface area contributed by atoms with Crippen LogP contribution in [0.25, 0.3) is 97.0 Å². The van der Waals surface area contributed by atoms with Crippen LogP contribution in [0.2, 0.25) is 0 Å². The van der Waals surface area contributed by atoms with Crippen molar-refractivity contribution >= 4 is 98.0 Å². The molecule has 0 amide bonds. The molecule has 0 fully saturated rings. The van der Waals surface area contributed by atoms with E-state index >= 15 is 0 Å². The van der Waals surface area contributed by atoms with E-state index in [2.05, 4.69) is 301 Å². The van der Waals surface area contributed by atoms with Crippen molar-refractivity contribution in [1.29, 1.82) is 0 Å². The Morgan fingerprint density at radius 3 is 1.44 bits per heavy atom. The summed E-state index contributed by atoms with van der Waals surface area (Å²) in [6, 6.07) is 107. The first-order chi connectivity index (χ1) is 37.2. The van der Waals surface area contributed by atoms with E-state index in [1.807, 2.05) is 11.3 Å². The Morgan fingerprint density at radius 1 is 0.227 bits per heavy atom. The first-order valence-electron chi connectivity index (χ1n) is 25.6. The van der Waals surface area contributed by atoms with Crippen LogP contribution < -0.4 is 9.80 Å². The Bertz CT molecular complexity index is 4420. The lowest BCUT2D eigenvalue weighted by molar-refractivity contribution is 1.28. The summed E-state index contributed by atoms with van der Waals surface area (Å²) < 4.78 is 2.61. The molecule has 0 saturated carbocycles. The molecule has 14 rings (SSSR count). The third-order valence-electron chi connectivity index (χ3n) is 14.8. The molecule has 0 saturated heterocycles. The number of thiophene rings is 1. The summed E-state index contributed by atoms with van der Waals surface area (Å²) in [6.07, 6.45) is 0. The second kappa shape index (κ2) is 18.8. The fourth-order valence-electron chi connectivity index (χ4n) is 11.2. The van der Waals surface area contributed by atoms with Gasteiger partial charge < -0.3 is 9.80 Å². The standard InChI is InChI=1S/C72H48N2S/c1-2-16-49(17-3-1)52-32-34-53(35-33-52)54-36-40-58(41-37-54)73(60-42-38-50-18-4-6-20-55(50)46-60)59-23-14-22-57(48-59)62-24-10-12-29-68(62)74(61-43-39-51-19-5-7-21-56(51)47-61)69-45-44-64(63-25-8-9-26-65(63)69)66-28-15-31-71-72(66)67-27-11-13-30-70(67)75-71/h1-48H. The van der Waals surface area contributed by atoms with E-state index in [0.717, 1.165) is 45.3 Å². The third-order valence-corrected chi connectivity index (χ3v) is 16.0. The Morgan fingerprint density at radius 2 is 0.720 bits per heavy atom. The highest BCUT2D eigenvalue weighted by atomic mass is 32.1. The van der Waals surface area contributed by atoms with Crippen molar-refractivity contribution in [3.05, 3.63) is 291 Å². The fourth-order valence-corrected chi connectivity index (χ4v) is 12.3. The van der Waals surface area contributed by atoms with E-state index in [-0.39, 0.29) is 0 Å². The maximum atomic E-state index is 2.48. The molecule has 0 aliphatic carbocycles. The molecule has 0 aliphatic heterocycles. The van der Waals surface area contributed by atoms with Gasteiger partial charge in [-0.1, -0.05) is 218 Å². The van der Waals surface area contributed by atoms with Crippen LogP contribution in [-0.4, -0.2) is 0 Å². The van der Waals surface area contributed by atoms with Crippen LogP contribution in [0.3, 0.4) is 0 Å². The lowest BCUT2D eigenvalue weighted by Crippen LogP contribution is -2.12. The predicted molar refractivity (Wildman–Crippen MR) is 323 cm³/mol. The molecule has 0 unspecified atom stereocenters. The van der Waals surface area contributed by atoms with Crippen LogP contribution >= 0.6 is 11.3 Å². The molecule has 0 bridgehead atoms. The van der Waals surface area contributed by atoms with E-state index in [1.54, 1.807) is 0 Å². The minimum absolute atomic E-state index is 1.07. The summed E-state index contributed by atoms with van der Waals surface area (Å²) >= 11 is 1.87. The van der Waals surface area contributed by atoms with Crippen LogP contribution in [0.15, 0.2) is 291 Å². The van der Waals surface area contributed by atoms with Gasteiger partial charge in [-0.05, 0) is 139 Å². The molecule has 75 heavy (non-hydrogen) atoms. The third kappa shape index (κ3) is 8.08. The summed E-state index contributed by atoms with van der Waals surface area (Å²) in [5, 5.41) is 9.82. The Kier molecular flexibility index (Phi) is 11.1. The van der Waals surface area contributed by atoms with E-state index < -0.39 is 0 Å². The highest BCUT2D eigenvalue weighted by Crippen LogP contribution is 2.49. The zero-order chi connectivity index (χ0) is 49.7. The quantitative estimate of drug-likeness (QED) is 0.135. The number of anilines is 6. The molecular formula is C72H48N2S. The van der Waals surface area contributed by atoms with Crippen molar-refractivity contribution in [2.75, 3.05) is 9.80 Å². The average Bonchev–Trinajstić information content (AvgIpc) is 3.89. The maximum Gasteiger partial charge on any atom is 0.0540 e. The molecule has 14 aromatic rings. The van der Waals surface area contributed by atoms with E-state index in [9.17, 15) is 0 Å². The van der Waals surface area contributed by atoms with Crippen molar-refractivity contribution in [3.63, 3.8) is 0 Å². The van der Waals surface area contributed by atoms with Crippen molar-refractivity contribution in [2.24, 2.45) is 0 Å². The molecule has 0 N–H and O–H groups in total. The molecule has 1 aromatic heterocycles. The van der Waals surface area contributed by atoms with Crippen LogP contribution in [-0.2, 0) is 0 Å². The largest absolute Gasteiger partial charge is 0.310 e. The SMILES string of the molecule is c1ccc(-c2ccc(-c3ccc(N(c4cccc(-c5ccccc5N(c5ccc6ccccc6c5)c5ccc(-c6cccc7sc8ccccc8c67)c6ccccc56)c4)c4ccc5ccccc5c4)cc3)cc2)cc1. The molecule has 0 aliphatic rings. The smallest absolute Gasteiger partial charge is 0.0540 e. The summed E-state index contributed by atoms with van der Waals surface area (Å²) in [4.78, 5) is 4.87. The van der Waals surface area contributed by atoms with Gasteiger partial charge in [-0.3, -0.25) is 0 Å². The Hall–Kier alpha value is -9.54. The van der Waals surface area contributed by atoms with E-state index in [4.69, 9.17) is 0 Å². The van der Waals surface area contributed by atoms with Crippen LogP contribution in [0, 0.1) is 0 Å². The number of para-hydroxylation sites is 1. The summed E-state index contributed by atoms with van der Waals surface area (Å²) in [7, 11) is 0. The number of hydrogen-bond donors (Lipinski definition) is 0. The predicted octanol–water partition coefficient (Wildman–Crippen LogP) is 21.1. The molecule has 0 atom stereocenters. The van der Waals surface area contributed by atoms with Gasteiger partial charge in [-0.25, -0.2) is 0 Å². The monoisotopic (exact) mass is 972 g/mol. The van der Waals surface area contributed by atoms with Gasteiger partial charge in [0.2, 0.25) is 0 Å². The maximum absolute atomic E-state index is 2.48. The van der Waals surface area contributed by atoms with Gasteiger partial charge in [-0.15, -0.1) is 11.3 Å². The fraction of sp³-hybridized carbons (Fsp3) is 0. The van der Waals surface area contributed by atoms with Gasteiger partial charge in [0.1, 0.15) is 0 Å². The molecule has 13 aromatic carbocycles. The van der Waals surface area contributed by atoms with Crippen LogP contribution in [0.4, 0.5) is 34.1 Å². The van der Waals surface area contributed by atoms with Crippen LogP contribution in [0.5, 0.6) is 0 Å². The molecule has 2 nitrogen and oxygen atoms in total. The lowest BCUT2D eigenvalue weighted by Gasteiger charge is -2.30. The molecule has 0 radical (unpaired) electrons. The molecular weight excluding hydrogens is 925 g/mol. The van der Waals surface area contributed by atoms with Gasteiger partial charge in [0.05, 0.1) is 11.4 Å². The normalized spacial score (nSPS) is 11.5. The number of benzene rings is 13. The van der Waals surface area contributed by atoms with Crippen molar-refractivity contribution in [2.45, 2.75) is 0 Å². The van der Waals surface area contributed by atoms with Gasteiger partial charge >= 0.3 is 0 Å². The highest BCUT2D eigenvalue weighted by molar-refractivity contribution is 7.26. The summed E-state index contributed by atoms with van der Waals surface area (Å²) in [6.45, 7) is 0. The van der Waals surface area contributed by atoms with Gasteiger partial charge in [0.15, 0.2) is 0 Å². The highest BCUT2D eigenvalue weighted by Gasteiger charge is 2.23. The van der Waals surface area contributed by atoms with Crippen molar-refractivity contribution < 1.29 is 0 Å². The Labute approximate surface area is 440 Å². The van der Waals surface area contributed by atoms with E-state index in [1.165, 1.54) is 85.9 Å². The number of rotatable bonds is 10.